The van der Waals surface area contributed by atoms with Gasteiger partial charge in [0.1, 0.15) is 0 Å². The van der Waals surface area contributed by atoms with Crippen LogP contribution in [0.4, 0.5) is 0 Å². The number of H-pyrrole nitrogens is 1. The lowest BCUT2D eigenvalue weighted by Crippen LogP contribution is -1.72. The van der Waals surface area contributed by atoms with Gasteiger partial charge in [0, 0.05) is 24.2 Å². The zero-order valence-corrected chi connectivity index (χ0v) is 7.01. The molecule has 0 aliphatic carbocycles. The van der Waals surface area contributed by atoms with Gasteiger partial charge in [-0.15, -0.1) is 0 Å². The van der Waals surface area contributed by atoms with Gasteiger partial charge in [-0.25, -0.2) is 0 Å². The number of hydrogen-bond acceptors (Lipinski definition) is 2. The molecule has 0 aliphatic rings. The lowest BCUT2D eigenvalue weighted by atomic mass is 10.2. The Kier molecular flexibility index (Phi) is 2.18. The molecular weight excluding hydrogens is 162 g/mol. The van der Waals surface area contributed by atoms with Gasteiger partial charge >= 0.3 is 0 Å². The van der Waals surface area contributed by atoms with Crippen molar-refractivity contribution in [1.29, 1.82) is 0 Å². The fraction of sp³-hybridized carbons (Fsp3) is 0. The number of nitrogens with zero attached hydrogens (tertiary/aromatic N) is 2. The van der Waals surface area contributed by atoms with E-state index < -0.39 is 0 Å². The molecule has 0 spiro atoms. The number of nitrogens with one attached hydrogen (secondary N) is 1. The molecule has 0 unspecified atom stereocenters. The summed E-state index contributed by atoms with van der Waals surface area (Å²) in [4.78, 5) is 4.01. The maximum Gasteiger partial charge on any atom is 0.0559 e. The van der Waals surface area contributed by atoms with Crippen molar-refractivity contribution in [2.24, 2.45) is 0 Å². The largest absolute Gasteiger partial charge is 0.285 e. The van der Waals surface area contributed by atoms with Gasteiger partial charge < -0.3 is 0 Å². The molecule has 0 fully saturated rings. The molecule has 3 heteroatoms. The molecule has 2 aromatic heterocycles. The highest BCUT2D eigenvalue weighted by Crippen LogP contribution is 2.04. The first-order valence-electron chi connectivity index (χ1n) is 4.02. The van der Waals surface area contributed by atoms with Crippen molar-refractivity contribution in [3.63, 3.8) is 0 Å². The summed E-state index contributed by atoms with van der Waals surface area (Å²) in [5.74, 6) is 0. The summed E-state index contributed by atoms with van der Waals surface area (Å²) >= 11 is 0. The summed E-state index contributed by atoms with van der Waals surface area (Å²) in [6.45, 7) is 0. The van der Waals surface area contributed by atoms with Crippen LogP contribution >= 0.6 is 0 Å². The van der Waals surface area contributed by atoms with Crippen LogP contribution in [0.25, 0.3) is 12.2 Å². The monoisotopic (exact) mass is 171 g/mol. The third kappa shape index (κ3) is 2.02. The molecule has 2 heterocycles. The van der Waals surface area contributed by atoms with Gasteiger partial charge in [-0.2, -0.15) is 5.10 Å². The van der Waals surface area contributed by atoms with Crippen LogP contribution in [-0.4, -0.2) is 15.2 Å². The van der Waals surface area contributed by atoms with Gasteiger partial charge in [0.25, 0.3) is 0 Å². The topological polar surface area (TPSA) is 41.6 Å². The zero-order valence-electron chi connectivity index (χ0n) is 7.01. The van der Waals surface area contributed by atoms with Crippen molar-refractivity contribution in [2.45, 2.75) is 0 Å². The second-order valence-electron chi connectivity index (χ2n) is 2.65. The molecule has 0 saturated heterocycles. The van der Waals surface area contributed by atoms with E-state index in [0.29, 0.717) is 0 Å². The summed E-state index contributed by atoms with van der Waals surface area (Å²) in [6, 6.07) is 3.92. The number of pyridine rings is 1. The third-order valence-electron chi connectivity index (χ3n) is 1.67. The molecular formula is C10H9N3. The minimum absolute atomic E-state index is 1.06. The Labute approximate surface area is 76.1 Å². The highest BCUT2D eigenvalue weighted by Gasteiger charge is 1.86. The van der Waals surface area contributed by atoms with E-state index in [4.69, 9.17) is 0 Å². The molecule has 64 valence electrons. The minimum atomic E-state index is 1.06. The molecule has 2 aromatic rings. The number of hydrogen-bond donors (Lipinski definition) is 1. The average molecular weight is 171 g/mol. The van der Waals surface area contributed by atoms with E-state index in [2.05, 4.69) is 15.2 Å². The van der Waals surface area contributed by atoms with Gasteiger partial charge in [-0.05, 0) is 11.6 Å². The van der Waals surface area contributed by atoms with Gasteiger partial charge in [-0.1, -0.05) is 18.2 Å². The van der Waals surface area contributed by atoms with E-state index in [1.165, 1.54) is 0 Å². The van der Waals surface area contributed by atoms with Crippen LogP contribution in [0.1, 0.15) is 11.1 Å². The molecule has 0 aliphatic heterocycles. The number of aromatic amines is 1. The van der Waals surface area contributed by atoms with Crippen LogP contribution < -0.4 is 0 Å². The Morgan fingerprint density at radius 1 is 1.15 bits per heavy atom. The average Bonchev–Trinajstić information content (AvgIpc) is 2.69. The molecule has 13 heavy (non-hydrogen) atoms. The van der Waals surface area contributed by atoms with E-state index >= 15 is 0 Å². The van der Waals surface area contributed by atoms with Crippen LogP contribution in [0.2, 0.25) is 0 Å². The molecule has 0 bridgehead atoms. The smallest absolute Gasteiger partial charge is 0.0559 e. The van der Waals surface area contributed by atoms with E-state index in [-0.39, 0.29) is 0 Å². The van der Waals surface area contributed by atoms with E-state index in [9.17, 15) is 0 Å². The highest BCUT2D eigenvalue weighted by molar-refractivity contribution is 5.68. The highest BCUT2D eigenvalue weighted by atomic mass is 15.1. The molecule has 0 radical (unpaired) electrons. The molecule has 2 rings (SSSR count). The molecule has 0 amide bonds. The second-order valence-corrected chi connectivity index (χ2v) is 2.65. The SMILES string of the molecule is C(=Cc1cn[nH]c1)c1cccnc1. The van der Waals surface area contributed by atoms with Crippen molar-refractivity contribution >= 4 is 12.2 Å². The number of aromatic nitrogens is 3. The summed E-state index contributed by atoms with van der Waals surface area (Å²) in [5.41, 5.74) is 2.15. The quantitative estimate of drug-likeness (QED) is 0.750. The van der Waals surface area contributed by atoms with Crippen LogP contribution in [0.15, 0.2) is 36.9 Å². The van der Waals surface area contributed by atoms with Gasteiger partial charge in [0.2, 0.25) is 0 Å². The molecule has 3 nitrogen and oxygen atoms in total. The Hall–Kier alpha value is -1.90. The summed E-state index contributed by atoms with van der Waals surface area (Å²) in [5, 5.41) is 6.59. The Balaban J connectivity index is 2.15. The Morgan fingerprint density at radius 3 is 2.77 bits per heavy atom. The first-order valence-corrected chi connectivity index (χ1v) is 4.02. The summed E-state index contributed by atoms with van der Waals surface area (Å²) in [7, 11) is 0. The van der Waals surface area contributed by atoms with Crippen molar-refractivity contribution in [1.82, 2.24) is 15.2 Å². The van der Waals surface area contributed by atoms with Crippen molar-refractivity contribution in [3.8, 4) is 0 Å². The number of rotatable bonds is 2. The lowest BCUT2D eigenvalue weighted by molar-refractivity contribution is 1.09. The summed E-state index contributed by atoms with van der Waals surface area (Å²) < 4.78 is 0. The van der Waals surface area contributed by atoms with Gasteiger partial charge in [-0.3, -0.25) is 10.1 Å². The Bertz CT molecular complexity index is 376. The van der Waals surface area contributed by atoms with Crippen molar-refractivity contribution in [3.05, 3.63) is 48.0 Å². The van der Waals surface area contributed by atoms with E-state index in [0.717, 1.165) is 11.1 Å². The fourth-order valence-corrected chi connectivity index (χ4v) is 1.02. The lowest BCUT2D eigenvalue weighted by Gasteiger charge is -1.88. The molecule has 0 aromatic carbocycles. The molecule has 0 atom stereocenters. The third-order valence-corrected chi connectivity index (χ3v) is 1.67. The summed E-state index contributed by atoms with van der Waals surface area (Å²) in [6.07, 6.45) is 11.2. The predicted molar refractivity (Wildman–Crippen MR) is 51.8 cm³/mol. The zero-order chi connectivity index (χ0) is 8.93. The van der Waals surface area contributed by atoms with Crippen LogP contribution in [-0.2, 0) is 0 Å². The van der Waals surface area contributed by atoms with E-state index in [1.807, 2.05) is 36.7 Å². The maximum absolute atomic E-state index is 4.01. The maximum atomic E-state index is 4.01. The normalized spacial score (nSPS) is 10.8. The van der Waals surface area contributed by atoms with E-state index in [1.54, 1.807) is 12.4 Å². The van der Waals surface area contributed by atoms with Crippen LogP contribution in [0.3, 0.4) is 0 Å². The van der Waals surface area contributed by atoms with Gasteiger partial charge in [0.05, 0.1) is 6.20 Å². The van der Waals surface area contributed by atoms with Crippen molar-refractivity contribution in [2.75, 3.05) is 0 Å². The standard InChI is InChI=1S/C10H9N3/c1-2-9(6-11-5-1)3-4-10-7-12-13-8-10/h1-8H,(H,12,13). The fourth-order valence-electron chi connectivity index (χ4n) is 1.02. The van der Waals surface area contributed by atoms with Crippen LogP contribution in [0.5, 0.6) is 0 Å². The first-order chi connectivity index (χ1) is 6.45. The molecule has 1 N–H and O–H groups in total. The molecule has 0 saturated carbocycles. The Morgan fingerprint density at radius 2 is 2.08 bits per heavy atom. The van der Waals surface area contributed by atoms with Crippen molar-refractivity contribution < 1.29 is 0 Å². The second kappa shape index (κ2) is 3.67. The van der Waals surface area contributed by atoms with Crippen LogP contribution in [0, 0.1) is 0 Å². The van der Waals surface area contributed by atoms with Gasteiger partial charge in [0.15, 0.2) is 0 Å². The first kappa shape index (κ1) is 7.73. The minimum Gasteiger partial charge on any atom is -0.285 e. The predicted octanol–water partition coefficient (Wildman–Crippen LogP) is 1.98.